The van der Waals surface area contributed by atoms with Gasteiger partial charge in [-0.25, -0.2) is 14.4 Å². The van der Waals surface area contributed by atoms with E-state index in [-0.39, 0.29) is 11.7 Å². The van der Waals surface area contributed by atoms with Gasteiger partial charge in [-0.1, -0.05) is 30.3 Å². The van der Waals surface area contributed by atoms with E-state index in [9.17, 15) is 32.3 Å². The normalized spacial score (nSPS) is 17.1. The second kappa shape index (κ2) is 11.8. The van der Waals surface area contributed by atoms with Gasteiger partial charge >= 0.3 is 24.3 Å². The molecule has 1 saturated heterocycles. The average Bonchev–Trinajstić information content (AvgIpc) is 2.91. The van der Waals surface area contributed by atoms with Crippen molar-refractivity contribution in [2.24, 2.45) is 0 Å². The smallest absolute Gasteiger partial charge is 0.489 e. The predicted octanol–water partition coefficient (Wildman–Crippen LogP) is 4.50. The van der Waals surface area contributed by atoms with Gasteiger partial charge in [0.15, 0.2) is 5.54 Å². The van der Waals surface area contributed by atoms with Crippen molar-refractivity contribution in [3.63, 3.8) is 0 Å². The SMILES string of the molecule is Cc1cc(COc2ccc(CC3(N(OC(=O)C(F)(F)F)C(=O)OC(C)(C)C)CNC(=O)NC3=O)cc2)c2ccccc2n1. The van der Waals surface area contributed by atoms with Crippen LogP contribution in [-0.4, -0.2) is 57.9 Å². The number of ether oxygens (including phenoxy) is 2. The van der Waals surface area contributed by atoms with E-state index in [1.165, 1.54) is 32.9 Å². The molecule has 1 aromatic heterocycles. The molecular weight excluding hydrogens is 573 g/mol. The van der Waals surface area contributed by atoms with Crippen LogP contribution < -0.4 is 15.4 Å². The van der Waals surface area contributed by atoms with Crippen LogP contribution in [-0.2, 0) is 32.2 Å². The van der Waals surface area contributed by atoms with Crippen LogP contribution in [0.15, 0.2) is 54.6 Å². The Morgan fingerprint density at radius 3 is 2.35 bits per heavy atom. The van der Waals surface area contributed by atoms with E-state index in [1.54, 1.807) is 12.1 Å². The number of hydrogen-bond donors (Lipinski definition) is 2. The zero-order valence-corrected chi connectivity index (χ0v) is 23.7. The number of nitrogens with one attached hydrogen (secondary N) is 2. The van der Waals surface area contributed by atoms with Crippen LogP contribution in [0.2, 0.25) is 0 Å². The minimum Gasteiger partial charge on any atom is -0.489 e. The monoisotopic (exact) mass is 602 g/mol. The van der Waals surface area contributed by atoms with Crippen LogP contribution in [0.1, 0.15) is 37.6 Å². The average molecular weight is 603 g/mol. The molecule has 0 spiro atoms. The number of hydroxylamine groups is 2. The van der Waals surface area contributed by atoms with Gasteiger partial charge in [-0.05, 0) is 57.5 Å². The van der Waals surface area contributed by atoms with Gasteiger partial charge in [-0.15, -0.1) is 5.06 Å². The zero-order chi connectivity index (χ0) is 31.6. The summed E-state index contributed by atoms with van der Waals surface area (Å²) in [6, 6.07) is 14.7. The number of para-hydroxylation sites is 1. The number of halogens is 3. The molecule has 1 aliphatic heterocycles. The van der Waals surface area contributed by atoms with E-state index in [4.69, 9.17) is 9.47 Å². The molecular formula is C29H29F3N4O7. The Hall–Kier alpha value is -4.88. The molecule has 0 bridgehead atoms. The minimum absolute atomic E-state index is 0.0653. The standard InChI is InChI=1S/C29H29F3N4O7/c1-17-13-19(21-7-5-6-8-22(21)34-17)15-41-20-11-9-18(10-12-20)14-28(16-33-25(39)35-23(28)37)36(26(40)42-27(2,3)4)43-24(38)29(30,31)32/h5-13H,14-16H2,1-4H3,(H2,33,35,37,39). The number of carbonyl (C=O) groups excluding carboxylic acids is 4. The molecule has 14 heteroatoms. The second-order valence-corrected chi connectivity index (χ2v) is 10.9. The van der Waals surface area contributed by atoms with Crippen molar-refractivity contribution < 1.29 is 46.7 Å². The highest BCUT2D eigenvalue weighted by Crippen LogP contribution is 2.30. The van der Waals surface area contributed by atoms with Crippen LogP contribution in [0, 0.1) is 6.92 Å². The first-order chi connectivity index (χ1) is 20.1. The molecule has 1 fully saturated rings. The molecule has 2 heterocycles. The number of urea groups is 1. The fourth-order valence-electron chi connectivity index (χ4n) is 4.40. The summed E-state index contributed by atoms with van der Waals surface area (Å²) in [4.78, 5) is 59.0. The van der Waals surface area contributed by atoms with E-state index in [0.717, 1.165) is 22.2 Å². The third kappa shape index (κ3) is 7.31. The maximum atomic E-state index is 13.2. The third-order valence-corrected chi connectivity index (χ3v) is 6.29. The molecule has 2 aromatic carbocycles. The predicted molar refractivity (Wildman–Crippen MR) is 145 cm³/mol. The van der Waals surface area contributed by atoms with Gasteiger partial charge in [0.25, 0.3) is 5.91 Å². The molecule has 4 amide bonds. The van der Waals surface area contributed by atoms with Crippen molar-refractivity contribution >= 4 is 34.9 Å². The molecule has 0 saturated carbocycles. The Morgan fingerprint density at radius 1 is 1.05 bits per heavy atom. The fraction of sp³-hybridized carbons (Fsp3) is 0.345. The summed E-state index contributed by atoms with van der Waals surface area (Å²) in [5.74, 6) is -3.51. The molecule has 1 aliphatic rings. The number of carbonyl (C=O) groups is 4. The quantitative estimate of drug-likeness (QED) is 0.394. The Kier molecular flexibility index (Phi) is 8.51. The molecule has 0 radical (unpaired) electrons. The summed E-state index contributed by atoms with van der Waals surface area (Å²) in [6.45, 7) is 5.68. The van der Waals surface area contributed by atoms with Crippen molar-refractivity contribution in [2.45, 2.75) is 58.0 Å². The summed E-state index contributed by atoms with van der Waals surface area (Å²) in [5, 5.41) is 5.07. The molecule has 43 heavy (non-hydrogen) atoms. The number of aryl methyl sites for hydroxylation is 1. The van der Waals surface area contributed by atoms with E-state index >= 15 is 0 Å². The summed E-state index contributed by atoms with van der Waals surface area (Å²) in [7, 11) is 0. The van der Waals surface area contributed by atoms with Crippen molar-refractivity contribution in [1.29, 1.82) is 0 Å². The number of alkyl halides is 3. The maximum absolute atomic E-state index is 13.2. The van der Waals surface area contributed by atoms with E-state index in [0.29, 0.717) is 11.3 Å². The number of nitrogens with zero attached hydrogens (tertiary/aromatic N) is 2. The minimum atomic E-state index is -5.51. The van der Waals surface area contributed by atoms with Gasteiger partial charge < -0.3 is 19.6 Å². The molecule has 11 nitrogen and oxygen atoms in total. The largest absolute Gasteiger partial charge is 0.493 e. The van der Waals surface area contributed by atoms with Crippen molar-refractivity contribution in [1.82, 2.24) is 20.7 Å². The van der Waals surface area contributed by atoms with Gasteiger partial charge in [0.1, 0.15) is 18.0 Å². The highest BCUT2D eigenvalue weighted by molar-refractivity contribution is 6.03. The number of pyridine rings is 1. The van der Waals surface area contributed by atoms with Crippen molar-refractivity contribution in [3.8, 4) is 5.75 Å². The molecule has 0 aliphatic carbocycles. The van der Waals surface area contributed by atoms with Gasteiger partial charge in [0.2, 0.25) is 0 Å². The van der Waals surface area contributed by atoms with E-state index in [2.05, 4.69) is 15.1 Å². The Labute approximate surface area is 244 Å². The summed E-state index contributed by atoms with van der Waals surface area (Å²) >= 11 is 0. The number of benzene rings is 2. The van der Waals surface area contributed by atoms with Crippen LogP contribution in [0.3, 0.4) is 0 Å². The lowest BCUT2D eigenvalue weighted by Crippen LogP contribution is -2.72. The summed E-state index contributed by atoms with van der Waals surface area (Å²) in [5.41, 5.74) is -0.710. The van der Waals surface area contributed by atoms with Crippen molar-refractivity contribution in [3.05, 3.63) is 71.4 Å². The molecule has 2 N–H and O–H groups in total. The van der Waals surface area contributed by atoms with Crippen LogP contribution >= 0.6 is 0 Å². The fourth-order valence-corrected chi connectivity index (χ4v) is 4.40. The van der Waals surface area contributed by atoms with Crippen LogP contribution in [0.4, 0.5) is 22.8 Å². The Morgan fingerprint density at radius 2 is 1.72 bits per heavy atom. The Bertz CT molecular complexity index is 1550. The van der Waals surface area contributed by atoms with Gasteiger partial charge in [0.05, 0.1) is 12.1 Å². The van der Waals surface area contributed by atoms with E-state index in [1.807, 2.05) is 42.6 Å². The number of aromatic nitrogens is 1. The van der Waals surface area contributed by atoms with Gasteiger partial charge in [-0.2, -0.15) is 13.2 Å². The number of imide groups is 1. The molecule has 1 atom stereocenters. The topological polar surface area (TPSA) is 136 Å². The summed E-state index contributed by atoms with van der Waals surface area (Å²) < 4.78 is 50.7. The number of amides is 4. The first-order valence-electron chi connectivity index (χ1n) is 13.1. The molecule has 3 aromatic rings. The zero-order valence-electron chi connectivity index (χ0n) is 23.7. The lowest BCUT2D eigenvalue weighted by Gasteiger charge is -2.42. The number of rotatable bonds is 6. The van der Waals surface area contributed by atoms with E-state index < -0.39 is 54.3 Å². The van der Waals surface area contributed by atoms with Gasteiger partial charge in [0, 0.05) is 23.1 Å². The molecule has 228 valence electrons. The summed E-state index contributed by atoms with van der Waals surface area (Å²) in [6.07, 6.45) is -7.53. The number of hydrogen-bond acceptors (Lipinski definition) is 8. The first-order valence-corrected chi connectivity index (χ1v) is 13.1. The van der Waals surface area contributed by atoms with Crippen molar-refractivity contribution in [2.75, 3.05) is 6.54 Å². The second-order valence-electron chi connectivity index (χ2n) is 10.9. The van der Waals surface area contributed by atoms with Crippen LogP contribution in [0.25, 0.3) is 10.9 Å². The van der Waals surface area contributed by atoms with Crippen LogP contribution in [0.5, 0.6) is 5.75 Å². The molecule has 4 rings (SSSR count). The Balaban J connectivity index is 1.62. The van der Waals surface area contributed by atoms with Gasteiger partial charge in [-0.3, -0.25) is 15.1 Å². The lowest BCUT2D eigenvalue weighted by atomic mass is 9.88. The third-order valence-electron chi connectivity index (χ3n) is 6.29. The molecule has 1 unspecified atom stereocenters. The maximum Gasteiger partial charge on any atom is 0.493 e. The highest BCUT2D eigenvalue weighted by atomic mass is 19.4. The first kappa shape index (κ1) is 31.1. The number of fused-ring (bicyclic) bond motifs is 1. The lowest BCUT2D eigenvalue weighted by molar-refractivity contribution is -0.248. The highest BCUT2D eigenvalue weighted by Gasteiger charge is 2.56.